The molecule has 0 bridgehead atoms. The Morgan fingerprint density at radius 1 is 1.17 bits per heavy atom. The van der Waals surface area contributed by atoms with Gasteiger partial charge in [-0.1, -0.05) is 64.7 Å². The number of unbranched alkanes of at least 4 members (excludes halogenated alkanes) is 3. The summed E-state index contributed by atoms with van der Waals surface area (Å²) in [6, 6.07) is 0. The van der Waals surface area contributed by atoms with E-state index in [0.29, 0.717) is 18.8 Å². The van der Waals surface area contributed by atoms with Crippen molar-refractivity contribution in [3.63, 3.8) is 0 Å². The van der Waals surface area contributed by atoms with Crippen LogP contribution < -0.4 is 0 Å². The maximum Gasteiger partial charge on any atom is 0.307 e. The average Bonchev–Trinajstić information content (AvgIpc) is 2.50. The van der Waals surface area contributed by atoms with Crippen LogP contribution in [0.25, 0.3) is 0 Å². The Balaban J connectivity index is 2.66. The molecule has 23 heavy (non-hydrogen) atoms. The first-order valence-electron chi connectivity index (χ1n) is 8.94. The molecule has 0 radical (unpaired) electrons. The van der Waals surface area contributed by atoms with Gasteiger partial charge in [-0.2, -0.15) is 0 Å². The highest BCUT2D eigenvalue weighted by atomic mass is 31.2. The Hall–Kier alpha value is -0.510. The van der Waals surface area contributed by atoms with Crippen LogP contribution >= 0.6 is 8.38 Å². The molecular weight excluding hydrogens is 313 g/mol. The van der Waals surface area contributed by atoms with E-state index in [-0.39, 0.29) is 5.71 Å². The van der Waals surface area contributed by atoms with Crippen LogP contribution in [0.4, 0.5) is 0 Å². The Labute approximate surface area is 140 Å². The number of carboxylic acid groups (broad SMARTS) is 1. The molecule has 1 aliphatic carbocycles. The molecule has 1 aliphatic rings. The molecule has 4 N–H and O–H groups in total. The average molecular weight is 345 g/mol. The summed E-state index contributed by atoms with van der Waals surface area (Å²) >= 11 is 0. The van der Waals surface area contributed by atoms with E-state index in [9.17, 15) is 19.7 Å². The first-order valence-corrected chi connectivity index (χ1v) is 10.3. The molecule has 6 heteroatoms. The summed E-state index contributed by atoms with van der Waals surface area (Å²) < 4.78 is 0. The van der Waals surface area contributed by atoms with Crippen molar-refractivity contribution in [2.24, 2.45) is 11.8 Å². The van der Waals surface area contributed by atoms with Crippen molar-refractivity contribution in [1.82, 2.24) is 0 Å². The summed E-state index contributed by atoms with van der Waals surface area (Å²) in [4.78, 5) is 31.1. The van der Waals surface area contributed by atoms with Crippen molar-refractivity contribution in [2.75, 3.05) is 0 Å². The van der Waals surface area contributed by atoms with Gasteiger partial charge in [-0.25, -0.2) is 0 Å². The maximum absolute atomic E-state index is 11.6. The highest BCUT2D eigenvalue weighted by Crippen LogP contribution is 2.41. The predicted molar refractivity (Wildman–Crippen MR) is 93.9 cm³/mol. The fourth-order valence-corrected chi connectivity index (χ4v) is 4.56. The summed E-state index contributed by atoms with van der Waals surface area (Å²) in [7, 11) is -2.43. The zero-order chi connectivity index (χ0) is 17.2. The molecule has 0 aliphatic heterocycles. The minimum atomic E-state index is -2.43. The Morgan fingerprint density at radius 3 is 2.35 bits per heavy atom. The van der Waals surface area contributed by atoms with Crippen molar-refractivity contribution in [2.45, 2.75) is 83.2 Å². The number of carbonyl (C=O) groups is 1. The van der Waals surface area contributed by atoms with Gasteiger partial charge in [0.05, 0.1) is 11.6 Å². The SMILES string of the molecule is CCCCCCC(C(=O)O)C(C(=N)CC1CCCCC1)P(O)O. The van der Waals surface area contributed by atoms with E-state index in [0.717, 1.165) is 51.4 Å². The van der Waals surface area contributed by atoms with Crippen molar-refractivity contribution >= 4 is 20.1 Å². The van der Waals surface area contributed by atoms with Crippen LogP contribution in [0.3, 0.4) is 0 Å². The van der Waals surface area contributed by atoms with Crippen LogP contribution in [0, 0.1) is 17.2 Å². The van der Waals surface area contributed by atoms with Crippen LogP contribution in [0.5, 0.6) is 0 Å². The van der Waals surface area contributed by atoms with E-state index < -0.39 is 25.9 Å². The summed E-state index contributed by atoms with van der Waals surface area (Å²) in [5, 5.41) is 17.8. The van der Waals surface area contributed by atoms with Crippen LogP contribution in [0.15, 0.2) is 0 Å². The number of nitrogens with one attached hydrogen (secondary N) is 1. The van der Waals surface area contributed by atoms with Crippen molar-refractivity contribution in [3.8, 4) is 0 Å². The van der Waals surface area contributed by atoms with Gasteiger partial charge in [0.25, 0.3) is 0 Å². The van der Waals surface area contributed by atoms with Gasteiger partial charge in [0, 0.05) is 5.71 Å². The van der Waals surface area contributed by atoms with Gasteiger partial charge in [-0.3, -0.25) is 4.79 Å². The second-order valence-electron chi connectivity index (χ2n) is 6.79. The van der Waals surface area contributed by atoms with E-state index in [4.69, 9.17) is 5.41 Å². The number of rotatable bonds is 11. The molecule has 1 fully saturated rings. The van der Waals surface area contributed by atoms with Gasteiger partial charge in [0.2, 0.25) is 0 Å². The molecule has 0 aromatic heterocycles. The van der Waals surface area contributed by atoms with Crippen molar-refractivity contribution in [3.05, 3.63) is 0 Å². The molecule has 0 saturated heterocycles. The van der Waals surface area contributed by atoms with E-state index in [2.05, 4.69) is 6.92 Å². The number of aliphatic carboxylic acids is 1. The second kappa shape index (κ2) is 11.1. The first-order chi connectivity index (χ1) is 11.0. The van der Waals surface area contributed by atoms with Gasteiger partial charge < -0.3 is 20.3 Å². The van der Waals surface area contributed by atoms with Crippen LogP contribution in [0.1, 0.15) is 77.6 Å². The summed E-state index contributed by atoms with van der Waals surface area (Å²) in [6.45, 7) is 2.10. The van der Waals surface area contributed by atoms with Crippen LogP contribution in [0.2, 0.25) is 0 Å². The molecule has 0 aromatic rings. The molecule has 1 rings (SSSR count). The summed E-state index contributed by atoms with van der Waals surface area (Å²) in [5.41, 5.74) is -0.679. The largest absolute Gasteiger partial charge is 0.481 e. The van der Waals surface area contributed by atoms with E-state index in [1.54, 1.807) is 0 Å². The Bertz CT molecular complexity index is 370. The molecule has 0 aromatic carbocycles. The minimum absolute atomic E-state index is 0.232. The third-order valence-electron chi connectivity index (χ3n) is 4.91. The molecule has 2 atom stereocenters. The number of carboxylic acids is 1. The third-order valence-corrected chi connectivity index (χ3v) is 6.08. The third kappa shape index (κ3) is 7.28. The lowest BCUT2D eigenvalue weighted by Crippen LogP contribution is -2.34. The number of hydrogen-bond acceptors (Lipinski definition) is 4. The van der Waals surface area contributed by atoms with Crippen LogP contribution in [-0.2, 0) is 4.79 Å². The lowest BCUT2D eigenvalue weighted by atomic mass is 9.83. The molecular formula is C17H32NO4P. The second-order valence-corrected chi connectivity index (χ2v) is 7.99. The minimum Gasteiger partial charge on any atom is -0.481 e. The molecule has 5 nitrogen and oxygen atoms in total. The Morgan fingerprint density at radius 2 is 1.83 bits per heavy atom. The lowest BCUT2D eigenvalue weighted by Gasteiger charge is -2.29. The normalized spacial score (nSPS) is 18.8. The standard InChI is InChI=1S/C17H32NO4P/c1-2-3-4-8-11-14(17(19)20)16(23(21)22)15(18)12-13-9-6-5-7-10-13/h13-14,16,18,21-22H,2-12H2,1H3,(H,19,20). The number of hydrogen-bond donors (Lipinski definition) is 4. The smallest absolute Gasteiger partial charge is 0.307 e. The highest BCUT2D eigenvalue weighted by molar-refractivity contribution is 7.47. The van der Waals surface area contributed by atoms with Crippen molar-refractivity contribution < 1.29 is 19.7 Å². The van der Waals surface area contributed by atoms with E-state index >= 15 is 0 Å². The lowest BCUT2D eigenvalue weighted by molar-refractivity contribution is -0.141. The van der Waals surface area contributed by atoms with Gasteiger partial charge in [0.1, 0.15) is 0 Å². The molecule has 2 unspecified atom stereocenters. The zero-order valence-corrected chi connectivity index (χ0v) is 15.1. The van der Waals surface area contributed by atoms with Gasteiger partial charge in [-0.15, -0.1) is 0 Å². The molecule has 0 spiro atoms. The van der Waals surface area contributed by atoms with Crippen molar-refractivity contribution in [1.29, 1.82) is 5.41 Å². The molecule has 0 amide bonds. The zero-order valence-electron chi connectivity index (χ0n) is 14.2. The van der Waals surface area contributed by atoms with Crippen LogP contribution in [-0.4, -0.2) is 32.2 Å². The summed E-state index contributed by atoms with van der Waals surface area (Å²) in [5.74, 6) is -1.44. The quantitative estimate of drug-likeness (QED) is 0.254. The molecule has 1 saturated carbocycles. The topological polar surface area (TPSA) is 102 Å². The van der Waals surface area contributed by atoms with Gasteiger partial charge >= 0.3 is 5.97 Å². The maximum atomic E-state index is 11.6. The highest BCUT2D eigenvalue weighted by Gasteiger charge is 2.37. The fraction of sp³-hybridized carbons (Fsp3) is 0.882. The molecule has 134 valence electrons. The van der Waals surface area contributed by atoms with Gasteiger partial charge in [0.15, 0.2) is 8.38 Å². The predicted octanol–water partition coefficient (Wildman–Crippen LogP) is 4.31. The first kappa shape index (κ1) is 20.5. The van der Waals surface area contributed by atoms with E-state index in [1.807, 2.05) is 0 Å². The van der Waals surface area contributed by atoms with Gasteiger partial charge in [-0.05, 0) is 18.8 Å². The fourth-order valence-electron chi connectivity index (χ4n) is 3.57. The van der Waals surface area contributed by atoms with E-state index in [1.165, 1.54) is 6.42 Å². The molecule has 0 heterocycles. The monoisotopic (exact) mass is 345 g/mol. The Kier molecular flexibility index (Phi) is 9.92. The summed E-state index contributed by atoms with van der Waals surface area (Å²) in [6.07, 6.45) is 10.5.